The Balaban J connectivity index is 1.76. The Morgan fingerprint density at radius 3 is 2.81 bits per heavy atom. The molecule has 0 aliphatic rings. The van der Waals surface area contributed by atoms with Crippen LogP contribution in [0.4, 0.5) is 0 Å². The number of nitrogens with zero attached hydrogens (tertiary/aromatic N) is 1. The molecule has 0 aliphatic carbocycles. The third-order valence-corrected chi connectivity index (χ3v) is 3.55. The fourth-order valence-electron chi connectivity index (χ4n) is 2.50. The summed E-state index contributed by atoms with van der Waals surface area (Å²) in [5.41, 5.74) is 2.29. The molecule has 0 aliphatic heterocycles. The minimum atomic E-state index is 0.797. The molecular weight excluding hydrogens is 260 g/mol. The standard InChI is InChI=1S/C18H20N2O/c1-2-10-19-13-16-8-7-15(21-16)12-14-9-11-20-18-6-4-3-5-17(14)18/h3-9,11,19H,2,10,12-13H2,1H3. The topological polar surface area (TPSA) is 38.1 Å². The van der Waals surface area contributed by atoms with Crippen molar-refractivity contribution < 1.29 is 4.42 Å². The number of pyridine rings is 1. The van der Waals surface area contributed by atoms with Gasteiger partial charge in [-0.1, -0.05) is 25.1 Å². The molecule has 0 radical (unpaired) electrons. The number of benzene rings is 1. The van der Waals surface area contributed by atoms with Crippen molar-refractivity contribution in [1.82, 2.24) is 10.3 Å². The molecule has 3 aromatic rings. The van der Waals surface area contributed by atoms with Crippen LogP contribution in [0.2, 0.25) is 0 Å². The van der Waals surface area contributed by atoms with Crippen molar-refractivity contribution in [3.05, 3.63) is 65.7 Å². The summed E-state index contributed by atoms with van der Waals surface area (Å²) in [6.07, 6.45) is 3.80. The zero-order chi connectivity index (χ0) is 14.5. The van der Waals surface area contributed by atoms with E-state index in [2.05, 4.69) is 47.6 Å². The van der Waals surface area contributed by atoms with Crippen LogP contribution in [0.3, 0.4) is 0 Å². The van der Waals surface area contributed by atoms with Crippen LogP contribution in [-0.2, 0) is 13.0 Å². The minimum absolute atomic E-state index is 0.797. The highest BCUT2D eigenvalue weighted by atomic mass is 16.3. The maximum absolute atomic E-state index is 5.90. The largest absolute Gasteiger partial charge is 0.464 e. The molecule has 0 unspecified atom stereocenters. The number of nitrogens with one attached hydrogen (secondary N) is 1. The van der Waals surface area contributed by atoms with Gasteiger partial charge in [0.25, 0.3) is 0 Å². The van der Waals surface area contributed by atoms with E-state index in [1.54, 1.807) is 0 Å². The Hall–Kier alpha value is -2.13. The zero-order valence-electron chi connectivity index (χ0n) is 12.3. The molecule has 0 saturated heterocycles. The monoisotopic (exact) mass is 280 g/mol. The first-order valence-electron chi connectivity index (χ1n) is 7.47. The summed E-state index contributed by atoms with van der Waals surface area (Å²) in [6.45, 7) is 3.98. The normalized spacial score (nSPS) is 11.1. The summed E-state index contributed by atoms with van der Waals surface area (Å²) in [4.78, 5) is 4.40. The van der Waals surface area contributed by atoms with E-state index in [9.17, 15) is 0 Å². The second-order valence-electron chi connectivity index (χ2n) is 5.21. The Morgan fingerprint density at radius 2 is 1.90 bits per heavy atom. The summed E-state index contributed by atoms with van der Waals surface area (Å²) in [5.74, 6) is 2.00. The van der Waals surface area contributed by atoms with Crippen LogP contribution >= 0.6 is 0 Å². The van der Waals surface area contributed by atoms with Crippen LogP contribution in [0.25, 0.3) is 10.9 Å². The molecule has 2 aromatic heterocycles. The second-order valence-corrected chi connectivity index (χ2v) is 5.21. The van der Waals surface area contributed by atoms with Crippen LogP contribution in [0.1, 0.15) is 30.4 Å². The van der Waals surface area contributed by atoms with Gasteiger partial charge in [-0.15, -0.1) is 0 Å². The molecule has 0 spiro atoms. The van der Waals surface area contributed by atoms with Gasteiger partial charge in [-0.3, -0.25) is 4.98 Å². The first-order valence-corrected chi connectivity index (χ1v) is 7.47. The number of furan rings is 1. The summed E-state index contributed by atoms with van der Waals surface area (Å²) in [6, 6.07) is 14.4. The Labute approximate surface area is 125 Å². The van der Waals surface area contributed by atoms with E-state index in [-0.39, 0.29) is 0 Å². The number of hydrogen-bond acceptors (Lipinski definition) is 3. The lowest BCUT2D eigenvalue weighted by Crippen LogP contribution is -2.13. The molecule has 3 heteroatoms. The van der Waals surface area contributed by atoms with Crippen molar-refractivity contribution >= 4 is 10.9 Å². The fraction of sp³-hybridized carbons (Fsp3) is 0.278. The van der Waals surface area contributed by atoms with Gasteiger partial charge in [-0.25, -0.2) is 0 Å². The van der Waals surface area contributed by atoms with E-state index in [0.29, 0.717) is 0 Å². The predicted octanol–water partition coefficient (Wildman–Crippen LogP) is 3.92. The third kappa shape index (κ3) is 3.31. The molecule has 3 rings (SSSR count). The van der Waals surface area contributed by atoms with Gasteiger partial charge in [-0.2, -0.15) is 0 Å². The Morgan fingerprint density at radius 1 is 1.05 bits per heavy atom. The molecule has 0 atom stereocenters. The zero-order valence-corrected chi connectivity index (χ0v) is 12.3. The van der Waals surface area contributed by atoms with Gasteiger partial charge in [0.2, 0.25) is 0 Å². The van der Waals surface area contributed by atoms with E-state index >= 15 is 0 Å². The first kappa shape index (κ1) is 13.8. The number of fused-ring (bicyclic) bond motifs is 1. The molecule has 108 valence electrons. The average Bonchev–Trinajstić information content (AvgIpc) is 2.96. The number of rotatable bonds is 6. The summed E-state index contributed by atoms with van der Waals surface area (Å²) in [5, 5.41) is 4.55. The van der Waals surface area contributed by atoms with Gasteiger partial charge in [0.1, 0.15) is 11.5 Å². The van der Waals surface area contributed by atoms with Gasteiger partial charge >= 0.3 is 0 Å². The van der Waals surface area contributed by atoms with E-state index in [0.717, 1.165) is 43.0 Å². The summed E-state index contributed by atoms with van der Waals surface area (Å²) in [7, 11) is 0. The van der Waals surface area contributed by atoms with E-state index < -0.39 is 0 Å². The second kappa shape index (κ2) is 6.55. The van der Waals surface area contributed by atoms with E-state index in [4.69, 9.17) is 4.42 Å². The maximum atomic E-state index is 5.90. The number of hydrogen-bond donors (Lipinski definition) is 1. The lowest BCUT2D eigenvalue weighted by molar-refractivity contribution is 0.454. The van der Waals surface area contributed by atoms with Crippen molar-refractivity contribution in [3.63, 3.8) is 0 Å². The lowest BCUT2D eigenvalue weighted by atomic mass is 10.1. The van der Waals surface area contributed by atoms with Gasteiger partial charge in [0.15, 0.2) is 0 Å². The molecule has 0 bridgehead atoms. The SMILES string of the molecule is CCCNCc1ccc(Cc2ccnc3ccccc23)o1. The smallest absolute Gasteiger partial charge is 0.117 e. The molecule has 0 amide bonds. The molecule has 3 nitrogen and oxygen atoms in total. The van der Waals surface area contributed by atoms with Crippen LogP contribution < -0.4 is 5.32 Å². The highest BCUT2D eigenvalue weighted by molar-refractivity contribution is 5.82. The van der Waals surface area contributed by atoms with E-state index in [1.807, 2.05) is 18.3 Å². The predicted molar refractivity (Wildman–Crippen MR) is 85.3 cm³/mol. The van der Waals surface area contributed by atoms with Crippen molar-refractivity contribution in [2.45, 2.75) is 26.3 Å². The molecule has 21 heavy (non-hydrogen) atoms. The van der Waals surface area contributed by atoms with Gasteiger partial charge in [-0.05, 0) is 42.8 Å². The Kier molecular flexibility index (Phi) is 4.31. The quantitative estimate of drug-likeness (QED) is 0.695. The highest BCUT2D eigenvalue weighted by Gasteiger charge is 2.06. The van der Waals surface area contributed by atoms with Crippen LogP contribution in [0, 0.1) is 0 Å². The highest BCUT2D eigenvalue weighted by Crippen LogP contribution is 2.20. The van der Waals surface area contributed by atoms with E-state index in [1.165, 1.54) is 10.9 Å². The van der Waals surface area contributed by atoms with Crippen LogP contribution in [-0.4, -0.2) is 11.5 Å². The molecule has 1 aromatic carbocycles. The number of para-hydroxylation sites is 1. The van der Waals surface area contributed by atoms with Crippen LogP contribution in [0.15, 0.2) is 53.1 Å². The summed E-state index contributed by atoms with van der Waals surface area (Å²) < 4.78 is 5.90. The average molecular weight is 280 g/mol. The number of aromatic nitrogens is 1. The van der Waals surface area contributed by atoms with Crippen molar-refractivity contribution in [2.75, 3.05) is 6.54 Å². The Bertz CT molecular complexity index is 713. The van der Waals surface area contributed by atoms with Gasteiger partial charge < -0.3 is 9.73 Å². The van der Waals surface area contributed by atoms with Crippen molar-refractivity contribution in [1.29, 1.82) is 0 Å². The van der Waals surface area contributed by atoms with Gasteiger partial charge in [0, 0.05) is 18.0 Å². The molecule has 0 saturated carbocycles. The lowest BCUT2D eigenvalue weighted by Gasteiger charge is -2.04. The first-order chi connectivity index (χ1) is 10.4. The molecular formula is C18H20N2O. The van der Waals surface area contributed by atoms with Crippen LogP contribution in [0.5, 0.6) is 0 Å². The molecule has 1 N–H and O–H groups in total. The van der Waals surface area contributed by atoms with Gasteiger partial charge in [0.05, 0.1) is 12.1 Å². The van der Waals surface area contributed by atoms with Crippen molar-refractivity contribution in [3.8, 4) is 0 Å². The van der Waals surface area contributed by atoms with Crippen molar-refractivity contribution in [2.24, 2.45) is 0 Å². The molecule has 0 fully saturated rings. The molecule has 2 heterocycles. The third-order valence-electron chi connectivity index (χ3n) is 3.55. The minimum Gasteiger partial charge on any atom is -0.464 e. The maximum Gasteiger partial charge on any atom is 0.117 e. The summed E-state index contributed by atoms with van der Waals surface area (Å²) >= 11 is 0. The fourth-order valence-corrected chi connectivity index (χ4v) is 2.50.